The largest absolute Gasteiger partial charge is 0.352 e. The normalized spacial score (nSPS) is 11.9. The fraction of sp³-hybridized carbons (Fsp3) is 0.478. The Kier molecular flexibility index (Phi) is 8.82. The van der Waals surface area contributed by atoms with Crippen molar-refractivity contribution in [2.75, 3.05) is 6.54 Å². The third kappa shape index (κ3) is 7.41. The summed E-state index contributed by atoms with van der Waals surface area (Å²) in [7, 11) is 0. The highest BCUT2D eigenvalue weighted by molar-refractivity contribution is 5.86. The van der Waals surface area contributed by atoms with Crippen LogP contribution in [0.2, 0.25) is 0 Å². The van der Waals surface area contributed by atoms with Crippen LogP contribution in [0.1, 0.15) is 57.9 Å². The van der Waals surface area contributed by atoms with Gasteiger partial charge in [0.25, 0.3) is 0 Å². The summed E-state index contributed by atoms with van der Waals surface area (Å²) in [6, 6.07) is 14.5. The maximum atomic E-state index is 12.1. The monoisotopic (exact) mass is 368 g/mol. The van der Waals surface area contributed by atoms with Gasteiger partial charge in [-0.15, -0.1) is 0 Å². The highest BCUT2D eigenvalue weighted by Gasteiger charge is 2.11. The molecule has 2 aromatic carbocycles. The SMILES string of the molecule is CCCCCCCC(=O)NCC(=O)N[C@@H](C)Cc1cccc2ccccc12. The van der Waals surface area contributed by atoms with E-state index in [1.807, 2.05) is 25.1 Å². The molecule has 0 bridgehead atoms. The molecule has 146 valence electrons. The topological polar surface area (TPSA) is 58.2 Å². The Morgan fingerprint density at radius 2 is 1.67 bits per heavy atom. The molecule has 4 heteroatoms. The molecule has 0 aromatic heterocycles. The van der Waals surface area contributed by atoms with Crippen LogP contribution in [-0.4, -0.2) is 24.4 Å². The maximum absolute atomic E-state index is 12.1. The Hall–Kier alpha value is -2.36. The molecule has 2 amide bonds. The van der Waals surface area contributed by atoms with E-state index in [0.717, 1.165) is 19.3 Å². The van der Waals surface area contributed by atoms with Crippen LogP contribution in [0.15, 0.2) is 42.5 Å². The summed E-state index contributed by atoms with van der Waals surface area (Å²) >= 11 is 0. The van der Waals surface area contributed by atoms with E-state index in [-0.39, 0.29) is 24.4 Å². The van der Waals surface area contributed by atoms with Crippen molar-refractivity contribution in [2.45, 2.75) is 64.8 Å². The van der Waals surface area contributed by atoms with E-state index in [2.05, 4.69) is 41.8 Å². The quantitative estimate of drug-likeness (QED) is 0.579. The van der Waals surface area contributed by atoms with Crippen molar-refractivity contribution in [3.8, 4) is 0 Å². The van der Waals surface area contributed by atoms with E-state index >= 15 is 0 Å². The van der Waals surface area contributed by atoms with Crippen molar-refractivity contribution in [1.29, 1.82) is 0 Å². The van der Waals surface area contributed by atoms with Gasteiger partial charge in [-0.25, -0.2) is 0 Å². The van der Waals surface area contributed by atoms with Crippen LogP contribution >= 0.6 is 0 Å². The summed E-state index contributed by atoms with van der Waals surface area (Å²) in [6.07, 6.45) is 6.83. The fourth-order valence-electron chi connectivity index (χ4n) is 3.33. The van der Waals surface area contributed by atoms with E-state index in [4.69, 9.17) is 0 Å². The van der Waals surface area contributed by atoms with Gasteiger partial charge in [0, 0.05) is 12.5 Å². The molecule has 0 radical (unpaired) electrons. The van der Waals surface area contributed by atoms with E-state index in [9.17, 15) is 9.59 Å². The molecular weight excluding hydrogens is 336 g/mol. The second-order valence-corrected chi connectivity index (χ2v) is 7.25. The Bertz CT molecular complexity index is 737. The second-order valence-electron chi connectivity index (χ2n) is 7.25. The van der Waals surface area contributed by atoms with Gasteiger partial charge in [-0.2, -0.15) is 0 Å². The molecule has 2 rings (SSSR count). The summed E-state index contributed by atoms with van der Waals surface area (Å²) in [5, 5.41) is 8.13. The molecule has 0 aliphatic heterocycles. The lowest BCUT2D eigenvalue weighted by Crippen LogP contribution is -2.41. The van der Waals surface area contributed by atoms with E-state index in [1.54, 1.807) is 0 Å². The standard InChI is InChI=1S/C23H32N2O2/c1-3-4-5-6-7-15-22(26)24-17-23(27)25-18(2)16-20-13-10-12-19-11-8-9-14-21(19)20/h8-14,18H,3-7,15-17H2,1-2H3,(H,24,26)(H,25,27)/t18-/m0/s1. The lowest BCUT2D eigenvalue weighted by atomic mass is 9.99. The molecule has 2 aromatic rings. The number of hydrogen-bond acceptors (Lipinski definition) is 2. The number of amides is 2. The lowest BCUT2D eigenvalue weighted by Gasteiger charge is -2.16. The summed E-state index contributed by atoms with van der Waals surface area (Å²) < 4.78 is 0. The van der Waals surface area contributed by atoms with E-state index in [0.29, 0.717) is 6.42 Å². The molecule has 0 unspecified atom stereocenters. The average Bonchev–Trinajstić information content (AvgIpc) is 2.66. The highest BCUT2D eigenvalue weighted by atomic mass is 16.2. The summed E-state index contributed by atoms with van der Waals surface area (Å²) in [5.74, 6) is -0.176. The molecule has 0 fully saturated rings. The first-order valence-electron chi connectivity index (χ1n) is 10.1. The molecule has 0 aliphatic rings. The molecule has 0 heterocycles. The number of nitrogens with one attached hydrogen (secondary N) is 2. The number of benzene rings is 2. The third-order valence-electron chi connectivity index (χ3n) is 4.77. The molecule has 4 nitrogen and oxygen atoms in total. The van der Waals surface area contributed by atoms with Crippen molar-refractivity contribution in [3.05, 3.63) is 48.0 Å². The van der Waals surface area contributed by atoms with Crippen molar-refractivity contribution in [3.63, 3.8) is 0 Å². The van der Waals surface area contributed by atoms with Gasteiger partial charge in [0.2, 0.25) is 11.8 Å². The van der Waals surface area contributed by atoms with Gasteiger partial charge in [-0.1, -0.05) is 75.1 Å². The maximum Gasteiger partial charge on any atom is 0.239 e. The minimum absolute atomic E-state index is 0.00857. The zero-order chi connectivity index (χ0) is 19.5. The first kappa shape index (κ1) is 20.9. The van der Waals surface area contributed by atoms with E-state index < -0.39 is 0 Å². The minimum Gasteiger partial charge on any atom is -0.352 e. The molecule has 0 saturated heterocycles. The van der Waals surface area contributed by atoms with Crippen molar-refractivity contribution in [1.82, 2.24) is 10.6 Å². The van der Waals surface area contributed by atoms with Gasteiger partial charge in [-0.3, -0.25) is 9.59 Å². The predicted octanol–water partition coefficient (Wildman–Crippen LogP) is 4.36. The van der Waals surface area contributed by atoms with Crippen molar-refractivity contribution < 1.29 is 9.59 Å². The van der Waals surface area contributed by atoms with Crippen LogP contribution in [0, 0.1) is 0 Å². The highest BCUT2D eigenvalue weighted by Crippen LogP contribution is 2.19. The van der Waals surface area contributed by atoms with Crippen LogP contribution in [0.5, 0.6) is 0 Å². The summed E-state index contributed by atoms with van der Waals surface area (Å²) in [5.41, 5.74) is 1.22. The smallest absolute Gasteiger partial charge is 0.239 e. The summed E-state index contributed by atoms with van der Waals surface area (Å²) in [6.45, 7) is 4.22. The van der Waals surface area contributed by atoms with Crippen LogP contribution in [-0.2, 0) is 16.0 Å². The Morgan fingerprint density at radius 1 is 0.926 bits per heavy atom. The zero-order valence-electron chi connectivity index (χ0n) is 16.6. The molecule has 0 spiro atoms. The third-order valence-corrected chi connectivity index (χ3v) is 4.77. The number of hydrogen-bond donors (Lipinski definition) is 2. The van der Waals surface area contributed by atoms with Crippen molar-refractivity contribution in [2.24, 2.45) is 0 Å². The molecule has 0 aliphatic carbocycles. The first-order chi connectivity index (χ1) is 13.1. The van der Waals surface area contributed by atoms with Crippen LogP contribution in [0.25, 0.3) is 10.8 Å². The van der Waals surface area contributed by atoms with Gasteiger partial charge in [-0.05, 0) is 36.1 Å². The number of carbonyl (C=O) groups is 2. The van der Waals surface area contributed by atoms with Gasteiger partial charge in [0.1, 0.15) is 0 Å². The number of carbonyl (C=O) groups excluding carboxylic acids is 2. The second kappa shape index (κ2) is 11.4. The molecule has 1 atom stereocenters. The lowest BCUT2D eigenvalue weighted by molar-refractivity contribution is -0.126. The van der Waals surface area contributed by atoms with Gasteiger partial charge >= 0.3 is 0 Å². The average molecular weight is 369 g/mol. The van der Waals surface area contributed by atoms with Crippen LogP contribution in [0.4, 0.5) is 0 Å². The number of rotatable bonds is 11. The van der Waals surface area contributed by atoms with Gasteiger partial charge < -0.3 is 10.6 Å². The van der Waals surface area contributed by atoms with Crippen LogP contribution in [0.3, 0.4) is 0 Å². The summed E-state index contributed by atoms with van der Waals surface area (Å²) in [4.78, 5) is 23.9. The van der Waals surface area contributed by atoms with Gasteiger partial charge in [0.15, 0.2) is 0 Å². The minimum atomic E-state index is -0.137. The van der Waals surface area contributed by atoms with E-state index in [1.165, 1.54) is 35.6 Å². The van der Waals surface area contributed by atoms with Crippen LogP contribution < -0.4 is 10.6 Å². The van der Waals surface area contributed by atoms with Crippen molar-refractivity contribution >= 4 is 22.6 Å². The number of unbranched alkanes of at least 4 members (excludes halogenated alkanes) is 4. The molecule has 0 saturated carbocycles. The molecule has 2 N–H and O–H groups in total. The fourth-order valence-corrected chi connectivity index (χ4v) is 3.33. The zero-order valence-corrected chi connectivity index (χ0v) is 16.6. The molecular formula is C23H32N2O2. The van der Waals surface area contributed by atoms with Gasteiger partial charge in [0.05, 0.1) is 6.54 Å². The number of fused-ring (bicyclic) bond motifs is 1. The predicted molar refractivity (Wildman–Crippen MR) is 112 cm³/mol. The Morgan fingerprint density at radius 3 is 2.48 bits per heavy atom. The first-order valence-corrected chi connectivity index (χ1v) is 10.1. The molecule has 27 heavy (non-hydrogen) atoms. The Labute approximate surface area is 162 Å². The Balaban J connectivity index is 1.71.